The molecule has 30 heavy (non-hydrogen) atoms. The van der Waals surface area contributed by atoms with Crippen LogP contribution in [-0.4, -0.2) is 11.9 Å². The van der Waals surface area contributed by atoms with Gasteiger partial charge in [0.05, 0.1) is 6.04 Å². The van der Waals surface area contributed by atoms with Crippen LogP contribution in [0.15, 0.2) is 42.5 Å². The van der Waals surface area contributed by atoms with Crippen molar-refractivity contribution in [1.82, 2.24) is 0 Å². The fourth-order valence-electron chi connectivity index (χ4n) is 2.92. The molecule has 0 aliphatic carbocycles. The van der Waals surface area contributed by atoms with Gasteiger partial charge in [0.1, 0.15) is 11.3 Å². The third-order valence-electron chi connectivity index (χ3n) is 4.40. The van der Waals surface area contributed by atoms with E-state index in [0.717, 1.165) is 10.8 Å². The first kappa shape index (κ1) is 21.6. The van der Waals surface area contributed by atoms with Crippen LogP contribution >= 0.6 is 0 Å². The number of nitrogens with two attached hydrogens (primary N) is 1. The van der Waals surface area contributed by atoms with Gasteiger partial charge >= 0.3 is 6.18 Å². The SMILES string of the molecule is N[C@@H](Cc1ccc2ccccc2c1)C(=O)Nc1c(F)c(F)c(C(F)(F)F)c(F)c1F. The first-order chi connectivity index (χ1) is 14.0. The molecular formula is C20H13F7N2O. The van der Waals surface area contributed by atoms with Gasteiger partial charge in [-0.3, -0.25) is 4.79 Å². The number of benzene rings is 3. The standard InChI is InChI=1S/C20H13F7N2O/c21-14-13(20(25,26)27)15(22)17(24)18(16(14)23)29-19(30)12(28)8-9-5-6-10-3-1-2-4-11(10)7-9/h1-7,12H,8,28H2,(H,29,30)/t12-/m0/s1. The Morgan fingerprint density at radius 3 is 2.03 bits per heavy atom. The predicted octanol–water partition coefficient (Wildman–Crippen LogP) is 4.92. The highest BCUT2D eigenvalue weighted by molar-refractivity contribution is 5.95. The van der Waals surface area contributed by atoms with Crippen LogP contribution in [0.1, 0.15) is 11.1 Å². The molecule has 0 unspecified atom stereocenters. The van der Waals surface area contributed by atoms with E-state index in [1.807, 2.05) is 18.2 Å². The summed E-state index contributed by atoms with van der Waals surface area (Å²) in [7, 11) is 0. The van der Waals surface area contributed by atoms with E-state index in [0.29, 0.717) is 5.56 Å². The Labute approximate surface area is 165 Å². The van der Waals surface area contributed by atoms with Crippen LogP contribution < -0.4 is 11.1 Å². The number of hydrogen-bond donors (Lipinski definition) is 2. The maximum absolute atomic E-state index is 13.9. The second kappa shape index (κ2) is 7.94. The van der Waals surface area contributed by atoms with Gasteiger partial charge in [0.2, 0.25) is 5.91 Å². The summed E-state index contributed by atoms with van der Waals surface area (Å²) in [6, 6.07) is 11.0. The van der Waals surface area contributed by atoms with Gasteiger partial charge in [-0.1, -0.05) is 42.5 Å². The topological polar surface area (TPSA) is 55.1 Å². The Bertz CT molecular complexity index is 1100. The lowest BCUT2D eigenvalue weighted by molar-refractivity contribution is -0.143. The van der Waals surface area contributed by atoms with Crippen molar-refractivity contribution in [3.05, 3.63) is 76.9 Å². The van der Waals surface area contributed by atoms with Crippen molar-refractivity contribution in [3.8, 4) is 0 Å². The summed E-state index contributed by atoms with van der Waals surface area (Å²) in [5.74, 6) is -11.3. The Morgan fingerprint density at radius 2 is 1.47 bits per heavy atom. The lowest BCUT2D eigenvalue weighted by Crippen LogP contribution is -2.38. The molecule has 0 saturated heterocycles. The largest absolute Gasteiger partial charge is 0.422 e. The van der Waals surface area contributed by atoms with Gasteiger partial charge in [0.15, 0.2) is 23.3 Å². The Kier molecular flexibility index (Phi) is 5.71. The molecule has 0 heterocycles. The Balaban J connectivity index is 1.84. The maximum Gasteiger partial charge on any atom is 0.422 e. The van der Waals surface area contributed by atoms with Gasteiger partial charge in [-0.15, -0.1) is 0 Å². The lowest BCUT2D eigenvalue weighted by atomic mass is 10.0. The highest BCUT2D eigenvalue weighted by atomic mass is 19.4. The van der Waals surface area contributed by atoms with E-state index in [1.54, 1.807) is 24.3 Å². The van der Waals surface area contributed by atoms with Crippen LogP contribution in [0.2, 0.25) is 0 Å². The van der Waals surface area contributed by atoms with Crippen LogP contribution in [-0.2, 0) is 17.4 Å². The zero-order chi connectivity index (χ0) is 22.2. The number of anilines is 1. The number of hydrogen-bond acceptors (Lipinski definition) is 2. The highest BCUT2D eigenvalue weighted by Crippen LogP contribution is 2.38. The van der Waals surface area contributed by atoms with E-state index < -0.39 is 52.6 Å². The molecule has 3 nitrogen and oxygen atoms in total. The minimum absolute atomic E-state index is 0.106. The summed E-state index contributed by atoms with van der Waals surface area (Å²) in [5.41, 5.74) is 1.87. The van der Waals surface area contributed by atoms with Crippen molar-refractivity contribution in [3.63, 3.8) is 0 Å². The average Bonchev–Trinajstić information content (AvgIpc) is 2.68. The minimum atomic E-state index is -5.68. The van der Waals surface area contributed by atoms with Crippen LogP contribution in [0.5, 0.6) is 0 Å². The fourth-order valence-corrected chi connectivity index (χ4v) is 2.92. The Morgan fingerprint density at radius 1 is 0.900 bits per heavy atom. The molecule has 0 bridgehead atoms. The number of carbonyl (C=O) groups excluding carboxylic acids is 1. The molecule has 0 aliphatic heterocycles. The Hall–Kier alpha value is -3.14. The summed E-state index contributed by atoms with van der Waals surface area (Å²) in [6.07, 6.45) is -5.78. The normalized spacial score (nSPS) is 12.8. The molecule has 0 aliphatic rings. The molecule has 0 spiro atoms. The van der Waals surface area contributed by atoms with Crippen LogP contribution in [0.4, 0.5) is 36.4 Å². The number of rotatable bonds is 4. The highest BCUT2D eigenvalue weighted by Gasteiger charge is 2.42. The van der Waals surface area contributed by atoms with Gasteiger partial charge in [0, 0.05) is 0 Å². The van der Waals surface area contributed by atoms with Crippen molar-refractivity contribution in [1.29, 1.82) is 0 Å². The molecular weight excluding hydrogens is 417 g/mol. The van der Waals surface area contributed by atoms with E-state index >= 15 is 0 Å². The van der Waals surface area contributed by atoms with Crippen molar-refractivity contribution >= 4 is 22.4 Å². The second-order valence-corrected chi connectivity index (χ2v) is 6.49. The van der Waals surface area contributed by atoms with E-state index in [9.17, 15) is 35.5 Å². The number of carbonyl (C=O) groups is 1. The predicted molar refractivity (Wildman–Crippen MR) is 95.5 cm³/mol. The first-order valence-corrected chi connectivity index (χ1v) is 8.48. The van der Waals surface area contributed by atoms with Crippen molar-refractivity contribution in [2.75, 3.05) is 5.32 Å². The third kappa shape index (κ3) is 4.09. The number of amides is 1. The third-order valence-corrected chi connectivity index (χ3v) is 4.40. The summed E-state index contributed by atoms with van der Waals surface area (Å²) in [6.45, 7) is 0. The molecule has 1 atom stereocenters. The molecule has 3 rings (SSSR count). The van der Waals surface area contributed by atoms with Crippen LogP contribution in [0.3, 0.4) is 0 Å². The maximum atomic E-state index is 13.9. The van der Waals surface area contributed by atoms with Gasteiger partial charge < -0.3 is 11.1 Å². The second-order valence-electron chi connectivity index (χ2n) is 6.49. The monoisotopic (exact) mass is 430 g/mol. The van der Waals surface area contributed by atoms with Crippen molar-refractivity contribution in [2.24, 2.45) is 5.73 Å². The molecule has 0 saturated carbocycles. The molecule has 3 aromatic rings. The molecule has 0 aromatic heterocycles. The van der Waals surface area contributed by atoms with E-state index in [4.69, 9.17) is 5.73 Å². The zero-order valence-electron chi connectivity index (χ0n) is 15.0. The smallest absolute Gasteiger partial charge is 0.320 e. The molecule has 0 fully saturated rings. The van der Waals surface area contributed by atoms with Crippen molar-refractivity contribution in [2.45, 2.75) is 18.6 Å². The molecule has 3 N–H and O–H groups in total. The van der Waals surface area contributed by atoms with Gasteiger partial charge in [-0.25, -0.2) is 17.6 Å². The number of fused-ring (bicyclic) bond motifs is 1. The molecule has 0 radical (unpaired) electrons. The van der Waals surface area contributed by atoms with E-state index in [-0.39, 0.29) is 6.42 Å². The van der Waals surface area contributed by atoms with E-state index in [2.05, 4.69) is 0 Å². The van der Waals surface area contributed by atoms with Gasteiger partial charge in [-0.05, 0) is 22.8 Å². The summed E-state index contributed by atoms with van der Waals surface area (Å²) in [5, 5.41) is 3.29. The lowest BCUT2D eigenvalue weighted by Gasteiger charge is -2.17. The minimum Gasteiger partial charge on any atom is -0.320 e. The number of nitrogens with one attached hydrogen (secondary N) is 1. The molecule has 3 aromatic carbocycles. The quantitative estimate of drug-likeness (QED) is 0.456. The van der Waals surface area contributed by atoms with Gasteiger partial charge in [0.25, 0.3) is 0 Å². The fraction of sp³-hybridized carbons (Fsp3) is 0.150. The molecule has 158 valence electrons. The first-order valence-electron chi connectivity index (χ1n) is 8.48. The summed E-state index contributed by atoms with van der Waals surface area (Å²) < 4.78 is 93.0. The molecule has 10 heteroatoms. The zero-order valence-corrected chi connectivity index (χ0v) is 15.0. The number of alkyl halides is 3. The number of halogens is 7. The van der Waals surface area contributed by atoms with Crippen molar-refractivity contribution < 1.29 is 35.5 Å². The average molecular weight is 430 g/mol. The van der Waals surface area contributed by atoms with Crippen LogP contribution in [0.25, 0.3) is 10.8 Å². The summed E-state index contributed by atoms with van der Waals surface area (Å²) >= 11 is 0. The van der Waals surface area contributed by atoms with Crippen LogP contribution in [0, 0.1) is 23.3 Å². The molecule has 1 amide bonds. The van der Waals surface area contributed by atoms with Gasteiger partial charge in [-0.2, -0.15) is 13.2 Å². The van der Waals surface area contributed by atoms with E-state index in [1.165, 1.54) is 5.32 Å². The summed E-state index contributed by atoms with van der Waals surface area (Å²) in [4.78, 5) is 12.2.